The van der Waals surface area contributed by atoms with Crippen molar-refractivity contribution < 1.29 is 8.78 Å². The van der Waals surface area contributed by atoms with Gasteiger partial charge in [-0.15, -0.1) is 0 Å². The standard InChI is InChI=1S/C13H8BrF2N3/c14-13-12(18-11-3-1-2-4-19(11)13)7-5-10(17)9(16)6-8(7)15/h1-6H,17H2. The normalized spacial score (nSPS) is 11.1. The summed E-state index contributed by atoms with van der Waals surface area (Å²) in [6, 6.07) is 7.46. The van der Waals surface area contributed by atoms with Crippen LogP contribution in [0.4, 0.5) is 14.5 Å². The number of pyridine rings is 1. The minimum atomic E-state index is -0.777. The third-order valence-corrected chi connectivity index (χ3v) is 3.57. The molecular formula is C13H8BrF2N3. The Morgan fingerprint density at radius 1 is 1.16 bits per heavy atom. The zero-order valence-corrected chi connectivity index (χ0v) is 11.2. The molecule has 0 aliphatic rings. The van der Waals surface area contributed by atoms with E-state index < -0.39 is 11.6 Å². The molecule has 0 saturated heterocycles. The molecule has 0 unspecified atom stereocenters. The monoisotopic (exact) mass is 323 g/mol. The van der Waals surface area contributed by atoms with Gasteiger partial charge in [0.25, 0.3) is 0 Å². The summed E-state index contributed by atoms with van der Waals surface area (Å²) < 4.78 is 29.4. The second-order valence-corrected chi connectivity index (χ2v) is 4.78. The van der Waals surface area contributed by atoms with E-state index >= 15 is 0 Å². The maximum atomic E-state index is 13.9. The number of rotatable bonds is 1. The summed E-state index contributed by atoms with van der Waals surface area (Å²) in [5.74, 6) is -1.48. The van der Waals surface area contributed by atoms with Gasteiger partial charge in [-0.05, 0) is 34.1 Å². The lowest BCUT2D eigenvalue weighted by atomic mass is 10.1. The largest absolute Gasteiger partial charge is 0.396 e. The molecule has 3 aromatic rings. The Morgan fingerprint density at radius 3 is 2.68 bits per heavy atom. The van der Waals surface area contributed by atoms with Crippen LogP contribution in [0, 0.1) is 11.6 Å². The first kappa shape index (κ1) is 12.1. The van der Waals surface area contributed by atoms with Crippen molar-refractivity contribution in [1.29, 1.82) is 0 Å². The summed E-state index contributed by atoms with van der Waals surface area (Å²) in [5, 5.41) is 0. The van der Waals surface area contributed by atoms with Gasteiger partial charge in [0.1, 0.15) is 27.6 Å². The van der Waals surface area contributed by atoms with E-state index in [1.54, 1.807) is 16.7 Å². The summed E-state index contributed by atoms with van der Waals surface area (Å²) in [4.78, 5) is 4.31. The number of halogens is 3. The average Bonchev–Trinajstić information content (AvgIpc) is 2.72. The molecule has 3 rings (SSSR count). The Labute approximate surface area is 115 Å². The van der Waals surface area contributed by atoms with Crippen LogP contribution in [0.3, 0.4) is 0 Å². The van der Waals surface area contributed by atoms with Gasteiger partial charge < -0.3 is 5.73 Å². The van der Waals surface area contributed by atoms with Crippen LogP contribution in [-0.2, 0) is 0 Å². The molecular weight excluding hydrogens is 316 g/mol. The lowest BCUT2D eigenvalue weighted by Crippen LogP contribution is -1.95. The number of nitrogens with two attached hydrogens (primary N) is 1. The molecule has 0 atom stereocenters. The minimum absolute atomic E-state index is 0.111. The predicted octanol–water partition coefficient (Wildman–Crippen LogP) is 3.62. The van der Waals surface area contributed by atoms with Crippen molar-refractivity contribution in [3.63, 3.8) is 0 Å². The second kappa shape index (κ2) is 4.31. The van der Waals surface area contributed by atoms with Crippen LogP contribution in [-0.4, -0.2) is 9.38 Å². The Kier molecular flexibility index (Phi) is 2.74. The minimum Gasteiger partial charge on any atom is -0.396 e. The number of imidazole rings is 1. The number of nitrogens with zero attached hydrogens (tertiary/aromatic N) is 2. The highest BCUT2D eigenvalue weighted by atomic mass is 79.9. The van der Waals surface area contributed by atoms with E-state index in [0.29, 0.717) is 15.9 Å². The first-order valence-electron chi connectivity index (χ1n) is 5.45. The summed E-state index contributed by atoms with van der Waals surface area (Å²) in [6.07, 6.45) is 1.79. The fraction of sp³-hybridized carbons (Fsp3) is 0. The van der Waals surface area contributed by atoms with E-state index in [0.717, 1.165) is 6.07 Å². The van der Waals surface area contributed by atoms with Crippen molar-refractivity contribution in [3.8, 4) is 11.3 Å². The van der Waals surface area contributed by atoms with Crippen molar-refractivity contribution in [2.45, 2.75) is 0 Å². The molecule has 0 radical (unpaired) electrons. The SMILES string of the molecule is Nc1cc(-c2nc3ccccn3c2Br)c(F)cc1F. The van der Waals surface area contributed by atoms with E-state index in [2.05, 4.69) is 20.9 Å². The molecule has 0 amide bonds. The van der Waals surface area contributed by atoms with E-state index in [1.807, 2.05) is 12.1 Å². The molecule has 0 aliphatic carbocycles. The van der Waals surface area contributed by atoms with Crippen LogP contribution in [0.1, 0.15) is 0 Å². The molecule has 2 aromatic heterocycles. The van der Waals surface area contributed by atoms with Crippen molar-refractivity contribution in [3.05, 3.63) is 52.8 Å². The van der Waals surface area contributed by atoms with Gasteiger partial charge in [0, 0.05) is 17.8 Å². The zero-order valence-electron chi connectivity index (χ0n) is 9.57. The van der Waals surface area contributed by atoms with Crippen molar-refractivity contribution in [1.82, 2.24) is 9.38 Å². The lowest BCUT2D eigenvalue weighted by Gasteiger charge is -2.03. The van der Waals surface area contributed by atoms with Gasteiger partial charge in [-0.1, -0.05) is 6.07 Å². The first-order chi connectivity index (χ1) is 9.08. The van der Waals surface area contributed by atoms with Gasteiger partial charge in [-0.25, -0.2) is 13.8 Å². The number of hydrogen-bond donors (Lipinski definition) is 1. The Morgan fingerprint density at radius 2 is 1.95 bits per heavy atom. The van der Waals surface area contributed by atoms with E-state index in [9.17, 15) is 8.78 Å². The van der Waals surface area contributed by atoms with Crippen molar-refractivity contribution >= 4 is 27.3 Å². The highest BCUT2D eigenvalue weighted by Crippen LogP contribution is 2.32. The molecule has 0 spiro atoms. The molecule has 0 bridgehead atoms. The fourth-order valence-electron chi connectivity index (χ4n) is 1.88. The van der Waals surface area contributed by atoms with E-state index in [1.165, 1.54) is 6.07 Å². The van der Waals surface area contributed by atoms with Gasteiger partial charge in [-0.2, -0.15) is 0 Å². The van der Waals surface area contributed by atoms with Crippen LogP contribution < -0.4 is 5.73 Å². The Bertz CT molecular complexity index is 783. The number of fused-ring (bicyclic) bond motifs is 1. The third kappa shape index (κ3) is 1.88. The van der Waals surface area contributed by atoms with Crippen LogP contribution in [0.15, 0.2) is 41.1 Å². The summed E-state index contributed by atoms with van der Waals surface area (Å²) >= 11 is 3.37. The third-order valence-electron chi connectivity index (χ3n) is 2.81. The molecule has 0 aliphatic heterocycles. The maximum Gasteiger partial charge on any atom is 0.149 e. The second-order valence-electron chi connectivity index (χ2n) is 4.03. The number of anilines is 1. The van der Waals surface area contributed by atoms with Gasteiger partial charge in [0.15, 0.2) is 0 Å². The lowest BCUT2D eigenvalue weighted by molar-refractivity contribution is 0.588. The van der Waals surface area contributed by atoms with Gasteiger partial charge >= 0.3 is 0 Å². The smallest absolute Gasteiger partial charge is 0.149 e. The average molecular weight is 324 g/mol. The molecule has 2 N–H and O–H groups in total. The van der Waals surface area contributed by atoms with Gasteiger partial charge in [-0.3, -0.25) is 4.40 Å². The fourth-order valence-corrected chi connectivity index (χ4v) is 2.49. The molecule has 0 saturated carbocycles. The predicted molar refractivity (Wildman–Crippen MR) is 72.7 cm³/mol. The Balaban J connectivity index is 2.30. The van der Waals surface area contributed by atoms with Crippen LogP contribution >= 0.6 is 15.9 Å². The zero-order chi connectivity index (χ0) is 13.6. The quantitative estimate of drug-likeness (QED) is 0.695. The first-order valence-corrected chi connectivity index (χ1v) is 6.24. The number of nitrogen functional groups attached to an aromatic ring is 1. The summed E-state index contributed by atoms with van der Waals surface area (Å²) in [6.45, 7) is 0. The van der Waals surface area contributed by atoms with Crippen molar-refractivity contribution in [2.75, 3.05) is 5.73 Å². The molecule has 6 heteroatoms. The number of hydrogen-bond acceptors (Lipinski definition) is 2. The van der Waals surface area contributed by atoms with E-state index in [4.69, 9.17) is 5.73 Å². The van der Waals surface area contributed by atoms with Crippen LogP contribution in [0.25, 0.3) is 16.9 Å². The molecule has 0 fully saturated rings. The van der Waals surface area contributed by atoms with Crippen molar-refractivity contribution in [2.24, 2.45) is 0 Å². The highest BCUT2D eigenvalue weighted by Gasteiger charge is 2.17. The Hall–Kier alpha value is -1.95. The van der Waals surface area contributed by atoms with Crippen LogP contribution in [0.2, 0.25) is 0 Å². The van der Waals surface area contributed by atoms with E-state index in [-0.39, 0.29) is 11.3 Å². The molecule has 3 nitrogen and oxygen atoms in total. The number of benzene rings is 1. The maximum absolute atomic E-state index is 13.9. The van der Waals surface area contributed by atoms with Gasteiger partial charge in [0.2, 0.25) is 0 Å². The molecule has 2 heterocycles. The van der Waals surface area contributed by atoms with Gasteiger partial charge in [0.05, 0.1) is 5.69 Å². The molecule has 19 heavy (non-hydrogen) atoms. The number of aromatic nitrogens is 2. The molecule has 96 valence electrons. The highest BCUT2D eigenvalue weighted by molar-refractivity contribution is 9.10. The topological polar surface area (TPSA) is 43.3 Å². The molecule has 1 aromatic carbocycles. The van der Waals surface area contributed by atoms with Crippen LogP contribution in [0.5, 0.6) is 0 Å². The summed E-state index contributed by atoms with van der Waals surface area (Å²) in [7, 11) is 0. The summed E-state index contributed by atoms with van der Waals surface area (Å²) in [5.41, 5.74) is 6.57.